The molecule has 6 heteroatoms. The highest BCUT2D eigenvalue weighted by atomic mass is 35.5. The van der Waals surface area contributed by atoms with E-state index in [1.54, 1.807) is 6.20 Å². The monoisotopic (exact) mass is 312 g/mol. The van der Waals surface area contributed by atoms with Crippen LogP contribution in [0.1, 0.15) is 60.9 Å². The summed E-state index contributed by atoms with van der Waals surface area (Å²) in [6.45, 7) is 6.55. The van der Waals surface area contributed by atoms with Crippen molar-refractivity contribution >= 4 is 18.3 Å². The van der Waals surface area contributed by atoms with Crippen LogP contribution in [0.25, 0.3) is 0 Å². The molecule has 1 aromatic rings. The van der Waals surface area contributed by atoms with Gasteiger partial charge in [0.25, 0.3) is 5.91 Å². The summed E-state index contributed by atoms with van der Waals surface area (Å²) in [6.07, 6.45) is 4.88. The van der Waals surface area contributed by atoms with Crippen molar-refractivity contribution in [2.24, 2.45) is 11.7 Å². The number of hydrogen-bond donors (Lipinski definition) is 2. The van der Waals surface area contributed by atoms with E-state index in [0.29, 0.717) is 23.9 Å². The number of aryl methyl sites for hydroxylation is 1. The molecule has 2 rings (SSSR count). The Morgan fingerprint density at radius 2 is 2.19 bits per heavy atom. The summed E-state index contributed by atoms with van der Waals surface area (Å²) in [7, 11) is 0. The highest BCUT2D eigenvalue weighted by molar-refractivity contribution is 5.95. The van der Waals surface area contributed by atoms with Gasteiger partial charge in [-0.3, -0.25) is 4.79 Å². The Kier molecular flexibility index (Phi) is 6.55. The predicted octanol–water partition coefficient (Wildman–Crippen LogP) is 2.19. The van der Waals surface area contributed by atoms with E-state index in [2.05, 4.69) is 15.3 Å². The number of nitrogens with two attached hydrogens (primary N) is 1. The minimum Gasteiger partial charge on any atom is -0.349 e. The fourth-order valence-electron chi connectivity index (χ4n) is 2.86. The second kappa shape index (κ2) is 7.71. The SMILES string of the molecule is Cc1ncc(C(=O)NC2CCCC2CN)c(C(C)C)n1.Cl. The van der Waals surface area contributed by atoms with Crippen LogP contribution in [0.4, 0.5) is 0 Å². The minimum absolute atomic E-state index is 0. The zero-order chi connectivity index (χ0) is 14.7. The first kappa shape index (κ1) is 17.9. The molecule has 1 fully saturated rings. The maximum absolute atomic E-state index is 12.5. The Hall–Kier alpha value is -1.20. The van der Waals surface area contributed by atoms with E-state index in [9.17, 15) is 4.79 Å². The topological polar surface area (TPSA) is 80.9 Å². The number of carbonyl (C=O) groups excluding carboxylic acids is 1. The number of rotatable bonds is 4. The number of aromatic nitrogens is 2. The molecule has 1 heterocycles. The van der Waals surface area contributed by atoms with E-state index < -0.39 is 0 Å². The van der Waals surface area contributed by atoms with Crippen LogP contribution < -0.4 is 11.1 Å². The number of carbonyl (C=O) groups is 1. The van der Waals surface area contributed by atoms with Crippen molar-refractivity contribution in [2.45, 2.75) is 52.0 Å². The van der Waals surface area contributed by atoms with Gasteiger partial charge in [0.1, 0.15) is 5.82 Å². The summed E-state index contributed by atoms with van der Waals surface area (Å²) < 4.78 is 0. The third kappa shape index (κ3) is 4.14. The minimum atomic E-state index is -0.0703. The normalized spacial score (nSPS) is 21.2. The van der Waals surface area contributed by atoms with Gasteiger partial charge in [-0.25, -0.2) is 9.97 Å². The number of hydrogen-bond acceptors (Lipinski definition) is 4. The first-order valence-corrected chi connectivity index (χ1v) is 7.37. The molecule has 5 nitrogen and oxygen atoms in total. The van der Waals surface area contributed by atoms with E-state index >= 15 is 0 Å². The zero-order valence-electron chi connectivity index (χ0n) is 12.9. The maximum Gasteiger partial charge on any atom is 0.254 e. The molecular formula is C15H25ClN4O. The summed E-state index contributed by atoms with van der Waals surface area (Å²) >= 11 is 0. The lowest BCUT2D eigenvalue weighted by Gasteiger charge is -2.20. The van der Waals surface area contributed by atoms with Gasteiger partial charge in [0.2, 0.25) is 0 Å². The molecule has 1 amide bonds. The van der Waals surface area contributed by atoms with E-state index in [1.807, 2.05) is 20.8 Å². The molecule has 1 aromatic heterocycles. The van der Waals surface area contributed by atoms with Crippen LogP contribution in [0.3, 0.4) is 0 Å². The van der Waals surface area contributed by atoms with Crippen molar-refractivity contribution in [3.8, 4) is 0 Å². The van der Waals surface area contributed by atoms with Gasteiger partial charge in [-0.15, -0.1) is 12.4 Å². The molecule has 2 unspecified atom stereocenters. The van der Waals surface area contributed by atoms with Crippen molar-refractivity contribution < 1.29 is 4.79 Å². The average Bonchev–Trinajstić information content (AvgIpc) is 2.85. The van der Waals surface area contributed by atoms with Gasteiger partial charge in [-0.1, -0.05) is 20.3 Å². The standard InChI is InChI=1S/C15H24N4O.ClH/c1-9(2)14-12(8-17-10(3)18-14)15(20)19-13-6-4-5-11(13)7-16;/h8-9,11,13H,4-7,16H2,1-3H3,(H,19,20);1H. The highest BCUT2D eigenvalue weighted by Gasteiger charge is 2.28. The van der Waals surface area contributed by atoms with Crippen LogP contribution in [0.5, 0.6) is 0 Å². The lowest BCUT2D eigenvalue weighted by Crippen LogP contribution is -2.40. The molecule has 1 aliphatic rings. The molecule has 2 atom stereocenters. The summed E-state index contributed by atoms with van der Waals surface area (Å²) in [5.74, 6) is 1.23. The molecule has 1 aliphatic carbocycles. The summed E-state index contributed by atoms with van der Waals surface area (Å²) in [6, 6.07) is 0.189. The molecule has 3 N–H and O–H groups in total. The maximum atomic E-state index is 12.5. The average molecular weight is 313 g/mol. The highest BCUT2D eigenvalue weighted by Crippen LogP contribution is 2.25. The fourth-order valence-corrected chi connectivity index (χ4v) is 2.86. The second-order valence-corrected chi connectivity index (χ2v) is 5.88. The van der Waals surface area contributed by atoms with Crippen molar-refractivity contribution in [3.63, 3.8) is 0 Å². The predicted molar refractivity (Wildman–Crippen MR) is 85.8 cm³/mol. The summed E-state index contributed by atoms with van der Waals surface area (Å²) in [5.41, 5.74) is 7.17. The third-order valence-electron chi connectivity index (χ3n) is 4.01. The van der Waals surface area contributed by atoms with Crippen molar-refractivity contribution in [2.75, 3.05) is 6.54 Å². The quantitative estimate of drug-likeness (QED) is 0.893. The second-order valence-electron chi connectivity index (χ2n) is 5.88. The summed E-state index contributed by atoms with van der Waals surface area (Å²) in [5, 5.41) is 3.11. The van der Waals surface area contributed by atoms with Crippen molar-refractivity contribution in [1.29, 1.82) is 0 Å². The molecule has 0 saturated heterocycles. The molecule has 0 aliphatic heterocycles. The van der Waals surface area contributed by atoms with Crippen LogP contribution in [0, 0.1) is 12.8 Å². The van der Waals surface area contributed by atoms with Crippen LogP contribution in [0.15, 0.2) is 6.20 Å². The van der Waals surface area contributed by atoms with Gasteiger partial charge in [0, 0.05) is 12.2 Å². The Bertz CT molecular complexity index is 493. The first-order chi connectivity index (χ1) is 9.52. The fraction of sp³-hybridized carbons (Fsp3) is 0.667. The Morgan fingerprint density at radius 3 is 2.81 bits per heavy atom. The first-order valence-electron chi connectivity index (χ1n) is 7.37. The lowest BCUT2D eigenvalue weighted by atomic mass is 10.0. The van der Waals surface area contributed by atoms with Crippen LogP contribution >= 0.6 is 12.4 Å². The molecule has 118 valence electrons. The van der Waals surface area contributed by atoms with Crippen molar-refractivity contribution in [1.82, 2.24) is 15.3 Å². The number of amides is 1. The number of nitrogens with zero attached hydrogens (tertiary/aromatic N) is 2. The lowest BCUT2D eigenvalue weighted by molar-refractivity contribution is 0.0926. The molecular weight excluding hydrogens is 288 g/mol. The number of halogens is 1. The Morgan fingerprint density at radius 1 is 1.48 bits per heavy atom. The van der Waals surface area contributed by atoms with Crippen molar-refractivity contribution in [3.05, 3.63) is 23.3 Å². The molecule has 0 aromatic carbocycles. The smallest absolute Gasteiger partial charge is 0.254 e. The van der Waals surface area contributed by atoms with Gasteiger partial charge in [0.05, 0.1) is 11.3 Å². The molecule has 0 bridgehead atoms. The van der Waals surface area contributed by atoms with Crippen LogP contribution in [-0.2, 0) is 0 Å². The molecule has 0 spiro atoms. The molecule has 1 saturated carbocycles. The van der Waals surface area contributed by atoms with Gasteiger partial charge in [-0.05, 0) is 38.1 Å². The van der Waals surface area contributed by atoms with E-state index in [1.165, 1.54) is 0 Å². The van der Waals surface area contributed by atoms with E-state index in [4.69, 9.17) is 5.73 Å². The van der Waals surface area contributed by atoms with Gasteiger partial charge < -0.3 is 11.1 Å². The Labute approximate surface area is 132 Å². The number of nitrogens with one attached hydrogen (secondary N) is 1. The zero-order valence-corrected chi connectivity index (χ0v) is 13.7. The van der Waals surface area contributed by atoms with Gasteiger partial charge >= 0.3 is 0 Å². The van der Waals surface area contributed by atoms with E-state index in [0.717, 1.165) is 25.0 Å². The molecule has 0 radical (unpaired) electrons. The summed E-state index contributed by atoms with van der Waals surface area (Å²) in [4.78, 5) is 21.0. The van der Waals surface area contributed by atoms with Crippen LogP contribution in [0.2, 0.25) is 0 Å². The van der Waals surface area contributed by atoms with E-state index in [-0.39, 0.29) is 30.3 Å². The largest absolute Gasteiger partial charge is 0.349 e. The Balaban J connectivity index is 0.00000220. The third-order valence-corrected chi connectivity index (χ3v) is 4.01. The van der Waals surface area contributed by atoms with Crippen LogP contribution in [-0.4, -0.2) is 28.5 Å². The van der Waals surface area contributed by atoms with Gasteiger partial charge in [0.15, 0.2) is 0 Å². The molecule has 21 heavy (non-hydrogen) atoms. The van der Waals surface area contributed by atoms with Gasteiger partial charge in [-0.2, -0.15) is 0 Å².